The number of imidazole rings is 1. The molecule has 0 aliphatic carbocycles. The van der Waals surface area contributed by atoms with Gasteiger partial charge < -0.3 is 15.0 Å². The number of rotatable bonds is 6. The highest BCUT2D eigenvalue weighted by molar-refractivity contribution is 7.99. The number of nitrogens with zero attached hydrogens (tertiary/aromatic N) is 1. The number of anilines is 1. The molecule has 0 aliphatic heterocycles. The summed E-state index contributed by atoms with van der Waals surface area (Å²) < 4.78 is 28.2. The van der Waals surface area contributed by atoms with Gasteiger partial charge in [0.1, 0.15) is 10.6 Å². The molecule has 3 rings (SSSR count). The van der Waals surface area contributed by atoms with Gasteiger partial charge in [0.25, 0.3) is 0 Å². The number of aromatic amines is 1. The number of aromatic nitrogens is 2. The number of ether oxygens (including phenoxy) is 1. The third-order valence-electron chi connectivity index (χ3n) is 3.46. The number of fused-ring (bicyclic) bond motifs is 1. The summed E-state index contributed by atoms with van der Waals surface area (Å²) in [6.45, 7) is 0. The molecule has 3 aromatic rings. The maximum atomic E-state index is 12.1. The first-order chi connectivity index (χ1) is 12.4. The van der Waals surface area contributed by atoms with Gasteiger partial charge in [-0.05, 0) is 30.3 Å². The highest BCUT2D eigenvalue weighted by Gasteiger charge is 2.16. The van der Waals surface area contributed by atoms with E-state index in [9.17, 15) is 13.2 Å². The smallest absolute Gasteiger partial charge is 0.241 e. The molecule has 0 atom stereocenters. The van der Waals surface area contributed by atoms with Crippen LogP contribution in [0, 0.1) is 0 Å². The Balaban J connectivity index is 1.68. The fraction of sp³-hybridized carbons (Fsp3) is 0.125. The number of carbonyl (C=O) groups excluding carboxylic acids is 1. The average Bonchev–Trinajstić information content (AvgIpc) is 3.02. The molecule has 0 bridgehead atoms. The molecule has 136 valence electrons. The van der Waals surface area contributed by atoms with E-state index in [1.165, 1.54) is 37.1 Å². The number of nitrogens with one attached hydrogen (secondary N) is 2. The number of nitrogens with two attached hydrogens (primary N) is 1. The molecule has 0 radical (unpaired) electrons. The third kappa shape index (κ3) is 4.15. The first-order valence-corrected chi connectivity index (χ1v) is 9.98. The Morgan fingerprint density at radius 3 is 2.77 bits per heavy atom. The molecule has 0 unspecified atom stereocenters. The van der Waals surface area contributed by atoms with Crippen molar-refractivity contribution in [2.45, 2.75) is 10.1 Å². The summed E-state index contributed by atoms with van der Waals surface area (Å²) in [5.74, 6) is -0.0838. The van der Waals surface area contributed by atoms with Crippen molar-refractivity contribution in [2.24, 2.45) is 5.14 Å². The quantitative estimate of drug-likeness (QED) is 0.550. The number of primary sulfonamides is 1. The molecule has 1 heterocycles. The van der Waals surface area contributed by atoms with E-state index in [0.29, 0.717) is 10.8 Å². The number of methoxy groups -OCH3 is 1. The first kappa shape index (κ1) is 18.2. The van der Waals surface area contributed by atoms with Crippen molar-refractivity contribution in [3.8, 4) is 5.75 Å². The van der Waals surface area contributed by atoms with Gasteiger partial charge in [0.2, 0.25) is 15.9 Å². The maximum Gasteiger partial charge on any atom is 0.241 e. The second-order valence-electron chi connectivity index (χ2n) is 5.31. The van der Waals surface area contributed by atoms with E-state index >= 15 is 0 Å². The highest BCUT2D eigenvalue weighted by Crippen LogP contribution is 2.26. The van der Waals surface area contributed by atoms with Gasteiger partial charge in [0, 0.05) is 5.69 Å². The van der Waals surface area contributed by atoms with Gasteiger partial charge in [0.05, 0.1) is 23.9 Å². The summed E-state index contributed by atoms with van der Waals surface area (Å²) >= 11 is 1.24. The zero-order valence-electron chi connectivity index (χ0n) is 13.7. The second kappa shape index (κ2) is 7.36. The Labute approximate surface area is 154 Å². The Hall–Kier alpha value is -2.56. The Morgan fingerprint density at radius 1 is 1.31 bits per heavy atom. The largest absolute Gasteiger partial charge is 0.495 e. The maximum absolute atomic E-state index is 12.1. The van der Waals surface area contributed by atoms with Gasteiger partial charge in [-0.15, -0.1) is 0 Å². The number of thioether (sulfide) groups is 1. The Morgan fingerprint density at radius 2 is 2.08 bits per heavy atom. The van der Waals surface area contributed by atoms with Crippen molar-refractivity contribution in [1.29, 1.82) is 0 Å². The van der Waals surface area contributed by atoms with E-state index in [2.05, 4.69) is 15.3 Å². The molecule has 4 N–H and O–H groups in total. The number of amides is 1. The predicted molar refractivity (Wildman–Crippen MR) is 99.8 cm³/mol. The van der Waals surface area contributed by atoms with Crippen LogP contribution in [0.1, 0.15) is 0 Å². The fourth-order valence-electron chi connectivity index (χ4n) is 2.31. The summed E-state index contributed by atoms with van der Waals surface area (Å²) in [4.78, 5) is 19.4. The van der Waals surface area contributed by atoms with E-state index in [1.807, 2.05) is 24.3 Å². The monoisotopic (exact) mass is 392 g/mol. The van der Waals surface area contributed by atoms with Crippen LogP contribution in [0.3, 0.4) is 0 Å². The topological polar surface area (TPSA) is 127 Å². The van der Waals surface area contributed by atoms with E-state index in [4.69, 9.17) is 9.88 Å². The minimum absolute atomic E-state index is 0.108. The molecule has 2 aromatic carbocycles. The standard InChI is InChI=1S/C16H16N4O4S2/c1-24-13-7-6-10(8-14(13)26(17,22)23)18-15(21)9-25-16-19-11-4-2-3-5-12(11)20-16/h2-8H,9H2,1H3,(H,18,21)(H,19,20)(H2,17,22,23). The number of sulfonamides is 1. The van der Waals surface area contributed by atoms with Crippen LogP contribution in [0.25, 0.3) is 11.0 Å². The van der Waals surface area contributed by atoms with E-state index in [1.54, 1.807) is 0 Å². The molecule has 10 heteroatoms. The zero-order valence-corrected chi connectivity index (χ0v) is 15.4. The lowest BCUT2D eigenvalue weighted by Crippen LogP contribution is -2.17. The van der Waals surface area contributed by atoms with Crippen LogP contribution in [0.4, 0.5) is 5.69 Å². The molecule has 26 heavy (non-hydrogen) atoms. The van der Waals surface area contributed by atoms with Crippen molar-refractivity contribution in [2.75, 3.05) is 18.2 Å². The number of carbonyl (C=O) groups is 1. The van der Waals surface area contributed by atoms with Gasteiger partial charge in [-0.25, -0.2) is 18.5 Å². The highest BCUT2D eigenvalue weighted by atomic mass is 32.2. The van der Waals surface area contributed by atoms with Crippen molar-refractivity contribution >= 4 is 44.4 Å². The van der Waals surface area contributed by atoms with Gasteiger partial charge in [-0.3, -0.25) is 4.79 Å². The summed E-state index contributed by atoms with van der Waals surface area (Å²) in [5.41, 5.74) is 2.02. The minimum Gasteiger partial charge on any atom is -0.495 e. The third-order valence-corrected chi connectivity index (χ3v) is 5.27. The van der Waals surface area contributed by atoms with Crippen LogP contribution in [-0.2, 0) is 14.8 Å². The Kier molecular flexibility index (Phi) is 5.16. The summed E-state index contributed by atoms with van der Waals surface area (Å²) in [6, 6.07) is 11.8. The van der Waals surface area contributed by atoms with Crippen LogP contribution in [0.2, 0.25) is 0 Å². The summed E-state index contributed by atoms with van der Waals surface area (Å²) in [6.07, 6.45) is 0. The summed E-state index contributed by atoms with van der Waals surface area (Å²) in [5, 5.41) is 8.43. The molecule has 8 nitrogen and oxygen atoms in total. The molecule has 0 saturated carbocycles. The molecular weight excluding hydrogens is 376 g/mol. The van der Waals surface area contributed by atoms with Crippen LogP contribution >= 0.6 is 11.8 Å². The molecule has 0 spiro atoms. The van der Waals surface area contributed by atoms with Crippen molar-refractivity contribution in [1.82, 2.24) is 9.97 Å². The van der Waals surface area contributed by atoms with E-state index < -0.39 is 10.0 Å². The molecule has 1 amide bonds. The lowest BCUT2D eigenvalue weighted by molar-refractivity contribution is -0.113. The minimum atomic E-state index is -3.97. The normalized spacial score (nSPS) is 11.5. The zero-order chi connectivity index (χ0) is 18.7. The summed E-state index contributed by atoms with van der Waals surface area (Å²) in [7, 11) is -2.63. The van der Waals surface area contributed by atoms with Gasteiger partial charge in [-0.2, -0.15) is 0 Å². The van der Waals surface area contributed by atoms with E-state index in [-0.39, 0.29) is 22.3 Å². The second-order valence-corrected chi connectivity index (χ2v) is 7.80. The number of hydrogen-bond acceptors (Lipinski definition) is 6. The number of H-pyrrole nitrogens is 1. The lowest BCUT2D eigenvalue weighted by atomic mass is 10.3. The number of hydrogen-bond donors (Lipinski definition) is 3. The number of para-hydroxylation sites is 2. The molecular formula is C16H16N4O4S2. The lowest BCUT2D eigenvalue weighted by Gasteiger charge is -2.10. The predicted octanol–water partition coefficient (Wildman–Crippen LogP) is 1.95. The SMILES string of the molecule is COc1ccc(NC(=O)CSc2nc3ccccc3[nH]2)cc1S(N)(=O)=O. The van der Waals surface area contributed by atoms with Crippen molar-refractivity contribution in [3.05, 3.63) is 42.5 Å². The first-order valence-electron chi connectivity index (χ1n) is 7.45. The molecule has 1 aromatic heterocycles. The number of benzene rings is 2. The van der Waals surface area contributed by atoms with Gasteiger partial charge in [-0.1, -0.05) is 23.9 Å². The van der Waals surface area contributed by atoms with Crippen LogP contribution in [0.15, 0.2) is 52.5 Å². The van der Waals surface area contributed by atoms with E-state index in [0.717, 1.165) is 11.0 Å². The molecule has 0 aliphatic rings. The van der Waals surface area contributed by atoms with Gasteiger partial charge >= 0.3 is 0 Å². The average molecular weight is 392 g/mol. The fourth-order valence-corrected chi connectivity index (χ4v) is 3.71. The van der Waals surface area contributed by atoms with Crippen LogP contribution in [-0.4, -0.2) is 37.2 Å². The van der Waals surface area contributed by atoms with Crippen LogP contribution in [0.5, 0.6) is 5.75 Å². The van der Waals surface area contributed by atoms with Crippen molar-refractivity contribution < 1.29 is 17.9 Å². The van der Waals surface area contributed by atoms with Crippen LogP contribution < -0.4 is 15.2 Å². The Bertz CT molecular complexity index is 1030. The van der Waals surface area contributed by atoms with Crippen molar-refractivity contribution in [3.63, 3.8) is 0 Å². The molecule has 0 saturated heterocycles. The molecule has 0 fully saturated rings. The van der Waals surface area contributed by atoms with Gasteiger partial charge in [0.15, 0.2) is 5.16 Å².